The third-order valence-corrected chi connectivity index (χ3v) is 6.77. The van der Waals surface area contributed by atoms with Crippen LogP contribution in [-0.2, 0) is 4.79 Å². The number of aliphatic hydroxyl groups is 1. The SMILES string of the molecule is C[C@H]1C[C@@H](CC(=O)CC2(O)CCN(C)CC2)CN(c2ccc(C#N)c3nccnc23)C1. The number of piperidine rings is 2. The Kier molecular flexibility index (Phi) is 6.22. The number of anilines is 1. The summed E-state index contributed by atoms with van der Waals surface area (Å²) in [7, 11) is 2.05. The lowest BCUT2D eigenvalue weighted by atomic mass is 9.82. The fraction of sp³-hybridized carbons (Fsp3) is 0.583. The Labute approximate surface area is 183 Å². The van der Waals surface area contributed by atoms with Crippen molar-refractivity contribution in [2.45, 2.75) is 44.6 Å². The number of carbonyl (C=O) groups excluding carboxylic acids is 1. The summed E-state index contributed by atoms with van der Waals surface area (Å²) in [4.78, 5) is 26.2. The Morgan fingerprint density at radius 1 is 1.23 bits per heavy atom. The van der Waals surface area contributed by atoms with Crippen molar-refractivity contribution >= 4 is 22.5 Å². The first-order chi connectivity index (χ1) is 14.9. The van der Waals surface area contributed by atoms with Crippen LogP contribution in [-0.4, -0.2) is 64.6 Å². The van der Waals surface area contributed by atoms with Crippen LogP contribution in [0.25, 0.3) is 11.0 Å². The van der Waals surface area contributed by atoms with Crippen LogP contribution in [0, 0.1) is 23.2 Å². The summed E-state index contributed by atoms with van der Waals surface area (Å²) in [6.07, 6.45) is 6.36. The third-order valence-electron chi connectivity index (χ3n) is 6.77. The zero-order chi connectivity index (χ0) is 22.0. The molecule has 1 aromatic heterocycles. The van der Waals surface area contributed by atoms with Crippen LogP contribution in [0.1, 0.15) is 44.6 Å². The standard InChI is InChI=1S/C24H31N5O2/c1-17-11-18(12-20(30)13-24(31)5-9-28(2)10-6-24)16-29(15-17)21-4-3-19(14-25)22-23(21)27-8-7-26-22/h3-4,7-8,17-18,31H,5-6,9-13,15-16H2,1-2H3/t17-,18-/m0/s1. The minimum absolute atomic E-state index is 0.163. The van der Waals surface area contributed by atoms with Gasteiger partial charge in [-0.3, -0.25) is 14.8 Å². The van der Waals surface area contributed by atoms with Gasteiger partial charge in [-0.15, -0.1) is 0 Å². The maximum Gasteiger partial charge on any atom is 0.136 e. The Balaban J connectivity index is 1.47. The average molecular weight is 422 g/mol. The monoisotopic (exact) mass is 421 g/mol. The van der Waals surface area contributed by atoms with Crippen molar-refractivity contribution in [2.24, 2.45) is 11.8 Å². The van der Waals surface area contributed by atoms with E-state index in [1.54, 1.807) is 18.5 Å². The molecule has 31 heavy (non-hydrogen) atoms. The molecule has 7 heteroatoms. The molecule has 2 aromatic rings. The molecule has 2 saturated heterocycles. The van der Waals surface area contributed by atoms with Gasteiger partial charge in [0.15, 0.2) is 0 Å². The van der Waals surface area contributed by atoms with E-state index in [0.717, 1.165) is 43.8 Å². The topological polar surface area (TPSA) is 93.3 Å². The van der Waals surface area contributed by atoms with E-state index in [1.165, 1.54) is 0 Å². The third kappa shape index (κ3) is 4.86. The molecule has 2 aliphatic heterocycles. The maximum atomic E-state index is 12.9. The van der Waals surface area contributed by atoms with E-state index in [1.807, 2.05) is 6.07 Å². The van der Waals surface area contributed by atoms with Crippen LogP contribution >= 0.6 is 0 Å². The Morgan fingerprint density at radius 2 is 1.94 bits per heavy atom. The van der Waals surface area contributed by atoms with Crippen molar-refractivity contribution < 1.29 is 9.90 Å². The molecular formula is C24H31N5O2. The molecule has 0 saturated carbocycles. The Hall–Kier alpha value is -2.56. The first-order valence-electron chi connectivity index (χ1n) is 11.2. The molecule has 2 fully saturated rings. The van der Waals surface area contributed by atoms with Crippen molar-refractivity contribution in [3.05, 3.63) is 30.1 Å². The first kappa shape index (κ1) is 21.7. The molecular weight excluding hydrogens is 390 g/mol. The fourth-order valence-electron chi connectivity index (χ4n) is 5.19. The molecule has 4 rings (SSSR count). The van der Waals surface area contributed by atoms with E-state index in [-0.39, 0.29) is 18.1 Å². The van der Waals surface area contributed by atoms with Crippen LogP contribution in [0.5, 0.6) is 0 Å². The van der Waals surface area contributed by atoms with Crippen LogP contribution in [0.3, 0.4) is 0 Å². The molecule has 1 N–H and O–H groups in total. The number of ketones is 1. The zero-order valence-corrected chi connectivity index (χ0v) is 18.4. The predicted octanol–water partition coefficient (Wildman–Crippen LogP) is 2.77. The van der Waals surface area contributed by atoms with Gasteiger partial charge in [-0.25, -0.2) is 0 Å². The average Bonchev–Trinajstić information content (AvgIpc) is 2.74. The second-order valence-electron chi connectivity index (χ2n) is 9.56. The summed E-state index contributed by atoms with van der Waals surface area (Å²) >= 11 is 0. The zero-order valence-electron chi connectivity index (χ0n) is 18.4. The first-order valence-corrected chi connectivity index (χ1v) is 11.2. The molecule has 2 aliphatic rings. The van der Waals surface area contributed by atoms with Gasteiger partial charge in [-0.1, -0.05) is 6.92 Å². The highest BCUT2D eigenvalue weighted by atomic mass is 16.3. The summed E-state index contributed by atoms with van der Waals surface area (Å²) in [5.41, 5.74) is 2.01. The summed E-state index contributed by atoms with van der Waals surface area (Å²) in [5.74, 6) is 0.851. The number of rotatable bonds is 5. The number of hydrogen-bond acceptors (Lipinski definition) is 7. The normalized spacial score (nSPS) is 24.1. The molecule has 0 bridgehead atoms. The molecule has 0 unspecified atom stereocenters. The molecule has 0 radical (unpaired) electrons. The molecule has 7 nitrogen and oxygen atoms in total. The number of hydrogen-bond donors (Lipinski definition) is 1. The molecule has 0 amide bonds. The Bertz CT molecular complexity index is 993. The van der Waals surface area contributed by atoms with Crippen molar-refractivity contribution in [3.8, 4) is 6.07 Å². The van der Waals surface area contributed by atoms with E-state index >= 15 is 0 Å². The quantitative estimate of drug-likeness (QED) is 0.793. The highest BCUT2D eigenvalue weighted by Crippen LogP contribution is 2.34. The van der Waals surface area contributed by atoms with Gasteiger partial charge in [0, 0.05) is 51.4 Å². The van der Waals surface area contributed by atoms with Crippen LogP contribution in [0.2, 0.25) is 0 Å². The summed E-state index contributed by atoms with van der Waals surface area (Å²) in [5, 5.41) is 20.2. The molecule has 1 aromatic carbocycles. The van der Waals surface area contributed by atoms with E-state index in [4.69, 9.17) is 0 Å². The van der Waals surface area contributed by atoms with E-state index in [2.05, 4.69) is 39.8 Å². The number of likely N-dealkylation sites (tertiary alicyclic amines) is 1. The van der Waals surface area contributed by atoms with Crippen molar-refractivity contribution in [1.82, 2.24) is 14.9 Å². The molecule has 164 valence electrons. The Morgan fingerprint density at radius 3 is 2.65 bits per heavy atom. The molecule has 0 aliphatic carbocycles. The molecule has 2 atom stereocenters. The highest BCUT2D eigenvalue weighted by molar-refractivity contribution is 5.92. The smallest absolute Gasteiger partial charge is 0.136 e. The number of nitrogens with zero attached hydrogens (tertiary/aromatic N) is 5. The predicted molar refractivity (Wildman–Crippen MR) is 120 cm³/mol. The lowest BCUT2D eigenvalue weighted by molar-refractivity contribution is -0.127. The number of fused-ring (bicyclic) bond motifs is 1. The maximum absolute atomic E-state index is 12.9. The minimum atomic E-state index is -0.845. The highest BCUT2D eigenvalue weighted by Gasteiger charge is 2.35. The van der Waals surface area contributed by atoms with Gasteiger partial charge >= 0.3 is 0 Å². The van der Waals surface area contributed by atoms with Crippen molar-refractivity contribution in [3.63, 3.8) is 0 Å². The number of aromatic nitrogens is 2. The van der Waals surface area contributed by atoms with Gasteiger partial charge < -0.3 is 14.9 Å². The number of carbonyl (C=O) groups is 1. The number of benzene rings is 1. The van der Waals surface area contributed by atoms with Gasteiger partial charge in [0.05, 0.1) is 16.9 Å². The van der Waals surface area contributed by atoms with Crippen LogP contribution in [0.15, 0.2) is 24.5 Å². The number of nitriles is 1. The van der Waals surface area contributed by atoms with E-state index < -0.39 is 5.60 Å². The van der Waals surface area contributed by atoms with Gasteiger partial charge in [0.2, 0.25) is 0 Å². The molecule has 3 heterocycles. The summed E-state index contributed by atoms with van der Waals surface area (Å²) in [6.45, 7) is 5.55. The lowest BCUT2D eigenvalue weighted by Crippen LogP contribution is -2.45. The van der Waals surface area contributed by atoms with Gasteiger partial charge in [0.25, 0.3) is 0 Å². The van der Waals surface area contributed by atoms with E-state index in [0.29, 0.717) is 36.3 Å². The van der Waals surface area contributed by atoms with Gasteiger partial charge in [-0.05, 0) is 50.3 Å². The second kappa shape index (κ2) is 8.89. The van der Waals surface area contributed by atoms with E-state index in [9.17, 15) is 15.2 Å². The van der Waals surface area contributed by atoms with Gasteiger partial charge in [-0.2, -0.15) is 5.26 Å². The van der Waals surface area contributed by atoms with Crippen molar-refractivity contribution in [1.29, 1.82) is 5.26 Å². The van der Waals surface area contributed by atoms with Gasteiger partial charge in [0.1, 0.15) is 22.9 Å². The van der Waals surface area contributed by atoms with Crippen molar-refractivity contribution in [2.75, 3.05) is 38.1 Å². The largest absolute Gasteiger partial charge is 0.389 e. The summed E-state index contributed by atoms with van der Waals surface area (Å²) in [6, 6.07) is 5.96. The second-order valence-corrected chi connectivity index (χ2v) is 9.56. The van der Waals surface area contributed by atoms with Crippen LogP contribution < -0.4 is 4.90 Å². The lowest BCUT2D eigenvalue weighted by Gasteiger charge is -2.39. The molecule has 0 spiro atoms. The van der Waals surface area contributed by atoms with Crippen LogP contribution in [0.4, 0.5) is 5.69 Å². The fourth-order valence-corrected chi connectivity index (χ4v) is 5.19. The minimum Gasteiger partial charge on any atom is -0.389 e. The summed E-state index contributed by atoms with van der Waals surface area (Å²) < 4.78 is 0. The number of Topliss-reactive ketones (excluding diaryl/α,β-unsaturated/α-hetero) is 1.